The molecule has 11 heteroatoms. The quantitative estimate of drug-likeness (QED) is 0.339. The fourth-order valence-corrected chi connectivity index (χ4v) is 8.11. The van der Waals surface area contributed by atoms with E-state index in [9.17, 15) is 18.0 Å². The molecule has 0 unspecified atom stereocenters. The van der Waals surface area contributed by atoms with Crippen LogP contribution in [0.3, 0.4) is 0 Å². The average molecular weight is 635 g/mol. The van der Waals surface area contributed by atoms with E-state index in [0.717, 1.165) is 59.8 Å². The molecular formula is C34H42N4O6S. The minimum atomic E-state index is -3.90. The molecule has 1 saturated carbocycles. The van der Waals surface area contributed by atoms with Crippen molar-refractivity contribution in [2.45, 2.75) is 57.9 Å². The zero-order valence-corrected chi connectivity index (χ0v) is 27.1. The van der Waals surface area contributed by atoms with Gasteiger partial charge >= 0.3 is 10.2 Å². The van der Waals surface area contributed by atoms with E-state index in [1.807, 2.05) is 31.2 Å². The van der Waals surface area contributed by atoms with Crippen molar-refractivity contribution < 1.29 is 27.5 Å². The Hall–Kier alpha value is -3.67. The molecule has 2 aliphatic heterocycles. The Morgan fingerprint density at radius 1 is 1.02 bits per heavy atom. The van der Waals surface area contributed by atoms with Gasteiger partial charge in [0.2, 0.25) is 0 Å². The van der Waals surface area contributed by atoms with Gasteiger partial charge in [-0.05, 0) is 79.6 Å². The second-order valence-electron chi connectivity index (χ2n) is 12.1. The maximum Gasteiger partial charge on any atom is 0.304 e. The van der Waals surface area contributed by atoms with E-state index < -0.39 is 16.1 Å². The summed E-state index contributed by atoms with van der Waals surface area (Å²) in [6, 6.07) is 11.4. The van der Waals surface area contributed by atoms with E-state index in [2.05, 4.69) is 15.4 Å². The highest BCUT2D eigenvalue weighted by atomic mass is 32.2. The summed E-state index contributed by atoms with van der Waals surface area (Å²) in [5.41, 5.74) is 5.85. The maximum absolute atomic E-state index is 14.1. The maximum atomic E-state index is 14.1. The van der Waals surface area contributed by atoms with Gasteiger partial charge in [0.1, 0.15) is 5.75 Å². The first kappa shape index (κ1) is 31.3. The summed E-state index contributed by atoms with van der Waals surface area (Å²) in [6.07, 6.45) is 8.38. The summed E-state index contributed by atoms with van der Waals surface area (Å²) in [6.45, 7) is 4.51. The lowest BCUT2D eigenvalue weighted by Gasteiger charge is -2.29. The fraction of sp³-hybridized carbons (Fsp3) is 0.471. The number of benzene rings is 2. The summed E-state index contributed by atoms with van der Waals surface area (Å²) in [4.78, 5) is 29.2. The molecule has 45 heavy (non-hydrogen) atoms. The van der Waals surface area contributed by atoms with Crippen molar-refractivity contribution in [3.8, 4) is 17.0 Å². The number of amides is 2. The minimum Gasteiger partial charge on any atom is -0.497 e. The number of nitrogens with one attached hydrogen (secondary N) is 1. The van der Waals surface area contributed by atoms with E-state index in [1.165, 1.54) is 16.3 Å². The monoisotopic (exact) mass is 634 g/mol. The van der Waals surface area contributed by atoms with Gasteiger partial charge in [0, 0.05) is 60.9 Å². The van der Waals surface area contributed by atoms with Crippen molar-refractivity contribution in [2.24, 2.45) is 0 Å². The molecule has 2 amide bonds. The molecule has 0 atom stereocenters. The molecule has 240 valence electrons. The van der Waals surface area contributed by atoms with E-state index >= 15 is 0 Å². The zero-order valence-electron chi connectivity index (χ0n) is 26.3. The molecule has 1 N–H and O–H groups in total. The first-order valence-corrected chi connectivity index (χ1v) is 17.3. The van der Waals surface area contributed by atoms with E-state index in [4.69, 9.17) is 9.47 Å². The van der Waals surface area contributed by atoms with Gasteiger partial charge < -0.3 is 18.9 Å². The Balaban J connectivity index is 1.53. The number of nitrogens with zero attached hydrogens (tertiary/aromatic N) is 3. The van der Waals surface area contributed by atoms with E-state index in [0.29, 0.717) is 56.6 Å². The minimum absolute atomic E-state index is 0.0771. The Morgan fingerprint density at radius 3 is 2.47 bits per heavy atom. The lowest BCUT2D eigenvalue weighted by Crippen LogP contribution is -2.49. The Bertz CT molecular complexity index is 1750. The van der Waals surface area contributed by atoms with Crippen LogP contribution in [0.25, 0.3) is 28.2 Å². The number of carbonyl (C=O) groups excluding carboxylic acids is 2. The highest BCUT2D eigenvalue weighted by Gasteiger charge is 2.33. The molecule has 6 rings (SSSR count). The summed E-state index contributed by atoms with van der Waals surface area (Å²) < 4.78 is 42.0. The molecule has 0 bridgehead atoms. The van der Waals surface area contributed by atoms with Crippen molar-refractivity contribution in [2.75, 3.05) is 47.0 Å². The number of fused-ring (bicyclic) bond motifs is 5. The van der Waals surface area contributed by atoms with Crippen LogP contribution in [0, 0.1) is 0 Å². The zero-order chi connectivity index (χ0) is 31.7. The van der Waals surface area contributed by atoms with Gasteiger partial charge in [-0.3, -0.25) is 9.59 Å². The van der Waals surface area contributed by atoms with Crippen LogP contribution < -0.4 is 9.46 Å². The van der Waals surface area contributed by atoms with Gasteiger partial charge in [-0.1, -0.05) is 25.3 Å². The van der Waals surface area contributed by atoms with Crippen LogP contribution >= 0.6 is 0 Å². The molecule has 3 heterocycles. The normalized spacial score (nSPS) is 17.1. The molecule has 0 spiro atoms. The molecule has 10 nitrogen and oxygen atoms in total. The third-order valence-electron chi connectivity index (χ3n) is 9.44. The van der Waals surface area contributed by atoms with E-state index in [-0.39, 0.29) is 11.5 Å². The van der Waals surface area contributed by atoms with Gasteiger partial charge in [-0.2, -0.15) is 12.7 Å². The standard InChI is InChI=1S/C34H42N4O6S/c1-4-36(17-18-43-2)34(40)26-19-25-20-27(44-3)12-14-28(25)32-31(23-9-6-5-7-10-23)29-13-11-24(21-30(29)38(32)22-26)33(39)35-45(41,42)37-15-8-16-37/h11-14,19-21,23H,4-10,15-18,22H2,1-3H3,(H,35,39). The van der Waals surface area contributed by atoms with Crippen LogP contribution in [-0.2, 0) is 26.3 Å². The van der Waals surface area contributed by atoms with Crippen molar-refractivity contribution in [3.05, 3.63) is 58.7 Å². The molecule has 1 saturated heterocycles. The first-order chi connectivity index (χ1) is 21.7. The number of rotatable bonds is 10. The molecule has 3 aromatic rings. The summed E-state index contributed by atoms with van der Waals surface area (Å²) in [5.74, 6) is 0.285. The number of hydrogen-bond donors (Lipinski definition) is 1. The lowest BCUT2D eigenvalue weighted by molar-refractivity contribution is -0.127. The Kier molecular flexibility index (Phi) is 9.03. The molecular weight excluding hydrogens is 592 g/mol. The van der Waals surface area contributed by atoms with Crippen LogP contribution in [0.1, 0.15) is 72.9 Å². The fourth-order valence-electron chi connectivity index (χ4n) is 6.89. The Labute approximate surface area is 265 Å². The number of aromatic nitrogens is 1. The van der Waals surface area contributed by atoms with Crippen molar-refractivity contribution in [1.29, 1.82) is 0 Å². The third kappa shape index (κ3) is 6.01. The largest absolute Gasteiger partial charge is 0.497 e. The van der Waals surface area contributed by atoms with Gasteiger partial charge in [-0.25, -0.2) is 4.72 Å². The molecule has 0 radical (unpaired) electrons. The van der Waals surface area contributed by atoms with Gasteiger partial charge in [0.05, 0.1) is 26.0 Å². The second kappa shape index (κ2) is 13.0. The van der Waals surface area contributed by atoms with Gasteiger partial charge in [0.15, 0.2) is 0 Å². The van der Waals surface area contributed by atoms with Crippen molar-refractivity contribution in [3.63, 3.8) is 0 Å². The lowest BCUT2D eigenvalue weighted by atomic mass is 9.81. The highest BCUT2D eigenvalue weighted by molar-refractivity contribution is 7.87. The van der Waals surface area contributed by atoms with Crippen LogP contribution in [0.4, 0.5) is 0 Å². The van der Waals surface area contributed by atoms with Gasteiger partial charge in [-0.15, -0.1) is 0 Å². The smallest absolute Gasteiger partial charge is 0.304 e. The van der Waals surface area contributed by atoms with Crippen LogP contribution in [0.2, 0.25) is 0 Å². The highest BCUT2D eigenvalue weighted by Crippen LogP contribution is 2.47. The third-order valence-corrected chi connectivity index (χ3v) is 10.9. The number of methoxy groups -OCH3 is 2. The summed E-state index contributed by atoms with van der Waals surface area (Å²) >= 11 is 0. The van der Waals surface area contributed by atoms with E-state index in [1.54, 1.807) is 31.3 Å². The van der Waals surface area contributed by atoms with Crippen LogP contribution in [0.5, 0.6) is 5.75 Å². The summed E-state index contributed by atoms with van der Waals surface area (Å²) in [7, 11) is -0.640. The first-order valence-electron chi connectivity index (χ1n) is 15.9. The average Bonchev–Trinajstić information content (AvgIpc) is 3.22. The number of ether oxygens (including phenoxy) is 2. The molecule has 1 aromatic heterocycles. The molecule has 3 aliphatic rings. The van der Waals surface area contributed by atoms with Crippen LogP contribution in [-0.4, -0.2) is 81.0 Å². The number of likely N-dealkylation sites (N-methyl/N-ethyl adjacent to an activating group) is 1. The number of hydrogen-bond acceptors (Lipinski definition) is 6. The van der Waals surface area contributed by atoms with Crippen molar-refractivity contribution >= 4 is 39.0 Å². The molecule has 2 fully saturated rings. The predicted molar refractivity (Wildman–Crippen MR) is 174 cm³/mol. The SMILES string of the molecule is CCN(CCOC)C(=O)C1=Cc2cc(OC)ccc2-c2c(C3CCCCC3)c3ccc(C(=O)NS(=O)(=O)N4CCC4)cc3n2C1. The predicted octanol–water partition coefficient (Wildman–Crippen LogP) is 4.94. The number of carbonyl (C=O) groups is 2. The topological polar surface area (TPSA) is 110 Å². The van der Waals surface area contributed by atoms with Crippen molar-refractivity contribution in [1.82, 2.24) is 18.5 Å². The molecule has 2 aromatic carbocycles. The molecule has 1 aliphatic carbocycles. The van der Waals surface area contributed by atoms with Gasteiger partial charge in [0.25, 0.3) is 11.8 Å². The Morgan fingerprint density at radius 2 is 1.80 bits per heavy atom. The second-order valence-corrected chi connectivity index (χ2v) is 13.8. The summed E-state index contributed by atoms with van der Waals surface area (Å²) in [5, 5.41) is 1.03. The van der Waals surface area contributed by atoms with Crippen LogP contribution in [0.15, 0.2) is 42.0 Å².